The standard InChI is InChI=1S/C17H18N4O/c18-17(8-1-2-9-17)16-20-14(22-21-16)11-13-6-3-5-12-7-4-10-19-15(12)13/h3-7,10H,1-2,8-9,11,18H2. The molecule has 2 heterocycles. The number of benzene rings is 1. The van der Waals surface area contributed by atoms with Crippen molar-refractivity contribution >= 4 is 10.9 Å². The Bertz CT molecular complexity index is 800. The highest BCUT2D eigenvalue weighted by molar-refractivity contribution is 5.81. The number of hydrogen-bond donors (Lipinski definition) is 1. The minimum atomic E-state index is -0.404. The molecule has 22 heavy (non-hydrogen) atoms. The second-order valence-corrected chi connectivity index (χ2v) is 6.04. The van der Waals surface area contributed by atoms with Gasteiger partial charge in [0.2, 0.25) is 5.89 Å². The fourth-order valence-electron chi connectivity index (χ4n) is 3.23. The van der Waals surface area contributed by atoms with Gasteiger partial charge in [-0.25, -0.2) is 0 Å². The number of hydrogen-bond acceptors (Lipinski definition) is 5. The molecule has 4 rings (SSSR count). The van der Waals surface area contributed by atoms with E-state index in [1.165, 1.54) is 0 Å². The molecule has 1 aliphatic rings. The fourth-order valence-corrected chi connectivity index (χ4v) is 3.23. The highest BCUT2D eigenvalue weighted by Gasteiger charge is 2.35. The average molecular weight is 294 g/mol. The molecule has 1 aromatic carbocycles. The van der Waals surface area contributed by atoms with Crippen LogP contribution in [0.4, 0.5) is 0 Å². The Morgan fingerprint density at radius 3 is 2.82 bits per heavy atom. The third kappa shape index (κ3) is 2.27. The molecular weight excluding hydrogens is 276 g/mol. The van der Waals surface area contributed by atoms with E-state index in [2.05, 4.69) is 27.3 Å². The maximum Gasteiger partial charge on any atom is 0.231 e. The molecular formula is C17H18N4O. The lowest BCUT2D eigenvalue weighted by atomic mass is 9.98. The largest absolute Gasteiger partial charge is 0.339 e. The van der Waals surface area contributed by atoms with Gasteiger partial charge in [0.05, 0.1) is 17.5 Å². The summed E-state index contributed by atoms with van der Waals surface area (Å²) >= 11 is 0. The predicted molar refractivity (Wildman–Crippen MR) is 83.2 cm³/mol. The average Bonchev–Trinajstić information content (AvgIpc) is 3.18. The van der Waals surface area contributed by atoms with Crippen molar-refractivity contribution in [1.29, 1.82) is 0 Å². The number of nitrogens with two attached hydrogens (primary N) is 1. The van der Waals surface area contributed by atoms with Crippen LogP contribution in [-0.2, 0) is 12.0 Å². The topological polar surface area (TPSA) is 77.8 Å². The van der Waals surface area contributed by atoms with Gasteiger partial charge < -0.3 is 10.3 Å². The van der Waals surface area contributed by atoms with Gasteiger partial charge in [0, 0.05) is 11.6 Å². The van der Waals surface area contributed by atoms with Gasteiger partial charge in [0.15, 0.2) is 5.82 Å². The normalized spacial score (nSPS) is 17.1. The van der Waals surface area contributed by atoms with Crippen molar-refractivity contribution in [3.63, 3.8) is 0 Å². The molecule has 0 saturated heterocycles. The van der Waals surface area contributed by atoms with E-state index in [0.717, 1.165) is 42.1 Å². The number of rotatable bonds is 3. The zero-order chi connectivity index (χ0) is 15.0. The molecule has 1 aliphatic carbocycles. The Labute approximate surface area is 128 Å². The summed E-state index contributed by atoms with van der Waals surface area (Å²) < 4.78 is 5.43. The molecule has 1 saturated carbocycles. The molecule has 0 atom stereocenters. The predicted octanol–water partition coefficient (Wildman–Crippen LogP) is 2.94. The van der Waals surface area contributed by atoms with Crippen molar-refractivity contribution in [3.05, 3.63) is 53.8 Å². The van der Waals surface area contributed by atoms with Crippen molar-refractivity contribution in [2.24, 2.45) is 5.73 Å². The van der Waals surface area contributed by atoms with Gasteiger partial charge in [-0.2, -0.15) is 4.98 Å². The third-order valence-electron chi connectivity index (χ3n) is 4.47. The molecule has 0 radical (unpaired) electrons. The smallest absolute Gasteiger partial charge is 0.231 e. The fraction of sp³-hybridized carbons (Fsp3) is 0.353. The first kappa shape index (κ1) is 13.4. The number of aromatic nitrogens is 3. The van der Waals surface area contributed by atoms with Gasteiger partial charge in [0.1, 0.15) is 0 Å². The molecule has 3 aromatic rings. The highest BCUT2D eigenvalue weighted by Crippen LogP contribution is 2.34. The third-order valence-corrected chi connectivity index (χ3v) is 4.47. The van der Waals surface area contributed by atoms with E-state index < -0.39 is 5.54 Å². The van der Waals surface area contributed by atoms with Crippen LogP contribution in [0.3, 0.4) is 0 Å². The number of pyridine rings is 1. The van der Waals surface area contributed by atoms with E-state index in [4.69, 9.17) is 10.3 Å². The zero-order valence-corrected chi connectivity index (χ0v) is 12.3. The van der Waals surface area contributed by atoms with Gasteiger partial charge in [-0.3, -0.25) is 4.98 Å². The number of nitrogens with zero attached hydrogens (tertiary/aromatic N) is 3. The maximum absolute atomic E-state index is 6.38. The van der Waals surface area contributed by atoms with Gasteiger partial charge in [-0.1, -0.05) is 42.3 Å². The first-order valence-corrected chi connectivity index (χ1v) is 7.69. The van der Waals surface area contributed by atoms with Crippen LogP contribution in [0.2, 0.25) is 0 Å². The lowest BCUT2D eigenvalue weighted by molar-refractivity contribution is 0.352. The van der Waals surface area contributed by atoms with Crippen LogP contribution in [0.15, 0.2) is 41.1 Å². The van der Waals surface area contributed by atoms with Crippen LogP contribution in [0.5, 0.6) is 0 Å². The van der Waals surface area contributed by atoms with Crippen LogP contribution in [-0.4, -0.2) is 15.1 Å². The van der Waals surface area contributed by atoms with Crippen LogP contribution in [0.1, 0.15) is 43.0 Å². The van der Waals surface area contributed by atoms with E-state index in [9.17, 15) is 0 Å². The molecule has 0 unspecified atom stereocenters. The lowest BCUT2D eigenvalue weighted by Gasteiger charge is -2.17. The van der Waals surface area contributed by atoms with E-state index in [0.29, 0.717) is 18.1 Å². The summed E-state index contributed by atoms with van der Waals surface area (Å²) in [7, 11) is 0. The second kappa shape index (κ2) is 5.18. The molecule has 2 N–H and O–H groups in total. The second-order valence-electron chi connectivity index (χ2n) is 6.04. The van der Waals surface area contributed by atoms with Crippen LogP contribution in [0, 0.1) is 0 Å². The van der Waals surface area contributed by atoms with Crippen molar-refractivity contribution in [1.82, 2.24) is 15.1 Å². The lowest BCUT2D eigenvalue weighted by Crippen LogP contribution is -2.34. The van der Waals surface area contributed by atoms with Crippen molar-refractivity contribution in [2.75, 3.05) is 0 Å². The summed E-state index contributed by atoms with van der Waals surface area (Å²) in [4.78, 5) is 9.00. The quantitative estimate of drug-likeness (QED) is 0.803. The Balaban J connectivity index is 1.65. The summed E-state index contributed by atoms with van der Waals surface area (Å²) in [5.41, 5.74) is 8.04. The van der Waals surface area contributed by atoms with Crippen molar-refractivity contribution < 1.29 is 4.52 Å². The monoisotopic (exact) mass is 294 g/mol. The summed E-state index contributed by atoms with van der Waals surface area (Å²) in [5, 5.41) is 5.23. The van der Waals surface area contributed by atoms with E-state index in [1.54, 1.807) is 6.20 Å². The van der Waals surface area contributed by atoms with E-state index in [-0.39, 0.29) is 0 Å². The Morgan fingerprint density at radius 2 is 1.95 bits per heavy atom. The summed E-state index contributed by atoms with van der Waals surface area (Å²) in [6.07, 6.45) is 6.51. The summed E-state index contributed by atoms with van der Waals surface area (Å²) in [5.74, 6) is 1.25. The molecule has 5 heteroatoms. The van der Waals surface area contributed by atoms with Gasteiger partial charge in [-0.05, 0) is 24.5 Å². The Kier molecular flexibility index (Phi) is 3.15. The van der Waals surface area contributed by atoms with E-state index in [1.807, 2.05) is 18.2 Å². The van der Waals surface area contributed by atoms with Crippen LogP contribution < -0.4 is 5.73 Å². The van der Waals surface area contributed by atoms with Gasteiger partial charge in [0.25, 0.3) is 0 Å². The van der Waals surface area contributed by atoms with E-state index >= 15 is 0 Å². The first-order valence-electron chi connectivity index (χ1n) is 7.69. The van der Waals surface area contributed by atoms with Crippen molar-refractivity contribution in [3.8, 4) is 0 Å². The molecule has 0 amide bonds. The minimum Gasteiger partial charge on any atom is -0.339 e. The Morgan fingerprint density at radius 1 is 1.14 bits per heavy atom. The Hall–Kier alpha value is -2.27. The SMILES string of the molecule is NC1(c2noc(Cc3cccc4cccnc34)n2)CCCC1. The summed E-state index contributed by atoms with van der Waals surface area (Å²) in [6, 6.07) is 10.1. The van der Waals surface area contributed by atoms with Crippen LogP contribution >= 0.6 is 0 Å². The van der Waals surface area contributed by atoms with Gasteiger partial charge >= 0.3 is 0 Å². The molecule has 5 nitrogen and oxygen atoms in total. The van der Waals surface area contributed by atoms with Crippen molar-refractivity contribution in [2.45, 2.75) is 37.6 Å². The number of para-hydroxylation sites is 1. The number of fused-ring (bicyclic) bond motifs is 1. The highest BCUT2D eigenvalue weighted by atomic mass is 16.5. The van der Waals surface area contributed by atoms with Gasteiger partial charge in [-0.15, -0.1) is 0 Å². The molecule has 0 bridgehead atoms. The molecule has 1 fully saturated rings. The van der Waals surface area contributed by atoms with Crippen LogP contribution in [0.25, 0.3) is 10.9 Å². The first-order chi connectivity index (χ1) is 10.7. The molecule has 0 aliphatic heterocycles. The zero-order valence-electron chi connectivity index (χ0n) is 12.3. The molecule has 2 aromatic heterocycles. The molecule has 0 spiro atoms. The minimum absolute atomic E-state index is 0.404. The summed E-state index contributed by atoms with van der Waals surface area (Å²) in [6.45, 7) is 0. The maximum atomic E-state index is 6.38. The molecule has 112 valence electrons.